The van der Waals surface area contributed by atoms with Crippen LogP contribution in [0.15, 0.2) is 12.4 Å². The van der Waals surface area contributed by atoms with Crippen LogP contribution in [-0.2, 0) is 4.74 Å². The first kappa shape index (κ1) is 12.5. The average Bonchev–Trinajstić information content (AvgIpc) is 2.63. The van der Waals surface area contributed by atoms with Crippen LogP contribution in [0, 0.1) is 0 Å². The van der Waals surface area contributed by atoms with Crippen molar-refractivity contribution < 1.29 is 9.53 Å². The summed E-state index contributed by atoms with van der Waals surface area (Å²) in [6.07, 6.45) is 2.78. The van der Waals surface area contributed by atoms with E-state index in [1.54, 1.807) is 33.2 Å². The largest absolute Gasteiger partial charge is 0.444 e. The van der Waals surface area contributed by atoms with E-state index in [1.807, 2.05) is 0 Å². The predicted octanol–water partition coefficient (Wildman–Crippen LogP) is 0.934. The number of carbonyl (C=O) groups excluding carboxylic acids is 1. The van der Waals surface area contributed by atoms with Crippen LogP contribution in [0.3, 0.4) is 0 Å². The number of aromatic amines is 1. The van der Waals surface area contributed by atoms with Gasteiger partial charge in [-0.15, -0.1) is 0 Å². The van der Waals surface area contributed by atoms with Gasteiger partial charge in [-0.1, -0.05) is 0 Å². The number of nitrogens with two attached hydrogens (primary N) is 1. The fraction of sp³-hybridized carbons (Fsp3) is 0.600. The van der Waals surface area contributed by atoms with Gasteiger partial charge >= 0.3 is 6.09 Å². The molecule has 16 heavy (non-hydrogen) atoms. The molecule has 0 bridgehead atoms. The molecule has 4 N–H and O–H groups in total. The topological polar surface area (TPSA) is 93.0 Å². The molecule has 1 aromatic rings. The van der Waals surface area contributed by atoms with Crippen LogP contribution in [0.1, 0.15) is 32.6 Å². The molecule has 90 valence electrons. The summed E-state index contributed by atoms with van der Waals surface area (Å²) in [7, 11) is 0. The van der Waals surface area contributed by atoms with Crippen LogP contribution in [0.5, 0.6) is 0 Å². The molecule has 6 nitrogen and oxygen atoms in total. The van der Waals surface area contributed by atoms with Gasteiger partial charge in [0, 0.05) is 18.9 Å². The van der Waals surface area contributed by atoms with Crippen molar-refractivity contribution in [3.8, 4) is 0 Å². The van der Waals surface area contributed by atoms with Crippen molar-refractivity contribution in [1.29, 1.82) is 0 Å². The Morgan fingerprint density at radius 2 is 2.38 bits per heavy atom. The van der Waals surface area contributed by atoms with E-state index in [4.69, 9.17) is 10.5 Å². The standard InChI is InChI=1S/C10H18N4O2/c1-10(2,3)16-9(15)14-7(6-11)8-12-4-5-13-8/h4-5,7H,6,11H2,1-3H3,(H,12,13)(H,14,15). The minimum absolute atomic E-state index is 0.257. The van der Waals surface area contributed by atoms with E-state index in [1.165, 1.54) is 0 Å². The van der Waals surface area contributed by atoms with Crippen molar-refractivity contribution in [1.82, 2.24) is 15.3 Å². The average molecular weight is 226 g/mol. The molecule has 1 rings (SSSR count). The summed E-state index contributed by atoms with van der Waals surface area (Å²) in [5.41, 5.74) is 5.02. The van der Waals surface area contributed by atoms with Gasteiger partial charge in [-0.3, -0.25) is 0 Å². The van der Waals surface area contributed by atoms with Crippen molar-refractivity contribution in [2.75, 3.05) is 6.54 Å². The third-order valence-electron chi connectivity index (χ3n) is 1.78. The number of alkyl carbamates (subject to hydrolysis) is 1. The number of ether oxygens (including phenoxy) is 1. The molecular formula is C10H18N4O2. The molecule has 0 aromatic carbocycles. The lowest BCUT2D eigenvalue weighted by molar-refractivity contribution is 0.0503. The van der Waals surface area contributed by atoms with Crippen LogP contribution in [0.4, 0.5) is 4.79 Å². The maximum absolute atomic E-state index is 11.5. The number of amides is 1. The third-order valence-corrected chi connectivity index (χ3v) is 1.78. The maximum Gasteiger partial charge on any atom is 0.408 e. The number of carbonyl (C=O) groups is 1. The molecule has 0 saturated carbocycles. The van der Waals surface area contributed by atoms with Crippen molar-refractivity contribution >= 4 is 6.09 Å². The highest BCUT2D eigenvalue weighted by atomic mass is 16.6. The highest BCUT2D eigenvalue weighted by molar-refractivity contribution is 5.68. The minimum atomic E-state index is -0.521. The first-order valence-corrected chi connectivity index (χ1v) is 5.11. The van der Waals surface area contributed by atoms with Crippen LogP contribution >= 0.6 is 0 Å². The highest BCUT2D eigenvalue weighted by Crippen LogP contribution is 2.10. The SMILES string of the molecule is CC(C)(C)OC(=O)NC(CN)c1ncc[nH]1. The van der Waals surface area contributed by atoms with Crippen molar-refractivity contribution in [3.05, 3.63) is 18.2 Å². The van der Waals surface area contributed by atoms with Crippen molar-refractivity contribution in [2.45, 2.75) is 32.4 Å². The molecule has 0 fully saturated rings. The molecule has 1 amide bonds. The summed E-state index contributed by atoms with van der Waals surface area (Å²) < 4.78 is 5.12. The number of nitrogens with one attached hydrogen (secondary N) is 2. The van der Waals surface area contributed by atoms with Gasteiger partial charge < -0.3 is 20.8 Å². The molecule has 0 radical (unpaired) electrons. The second-order valence-corrected chi connectivity index (χ2v) is 4.41. The molecule has 6 heteroatoms. The van der Waals surface area contributed by atoms with Crippen LogP contribution in [0.2, 0.25) is 0 Å². The van der Waals surface area contributed by atoms with E-state index in [0.717, 1.165) is 0 Å². The summed E-state index contributed by atoms with van der Waals surface area (Å²) in [6.45, 7) is 5.66. The molecule has 0 spiro atoms. The third kappa shape index (κ3) is 3.90. The zero-order chi connectivity index (χ0) is 12.2. The number of rotatable bonds is 3. The Bertz CT molecular complexity index is 329. The lowest BCUT2D eigenvalue weighted by Crippen LogP contribution is -2.38. The Hall–Kier alpha value is -1.56. The molecule has 1 atom stereocenters. The van der Waals surface area contributed by atoms with Crippen LogP contribution < -0.4 is 11.1 Å². The van der Waals surface area contributed by atoms with E-state index < -0.39 is 11.7 Å². The zero-order valence-corrected chi connectivity index (χ0v) is 9.78. The van der Waals surface area contributed by atoms with Gasteiger partial charge in [0.05, 0.1) is 0 Å². The quantitative estimate of drug-likeness (QED) is 0.715. The van der Waals surface area contributed by atoms with Crippen molar-refractivity contribution in [2.24, 2.45) is 5.73 Å². The monoisotopic (exact) mass is 226 g/mol. The number of H-pyrrole nitrogens is 1. The van der Waals surface area contributed by atoms with Gasteiger partial charge in [0.1, 0.15) is 17.5 Å². The molecule has 0 aliphatic carbocycles. The van der Waals surface area contributed by atoms with Crippen LogP contribution in [0.25, 0.3) is 0 Å². The maximum atomic E-state index is 11.5. The molecule has 1 aromatic heterocycles. The first-order chi connectivity index (χ1) is 7.42. The fourth-order valence-corrected chi connectivity index (χ4v) is 1.16. The second kappa shape index (κ2) is 4.98. The van der Waals surface area contributed by atoms with Gasteiger partial charge in [-0.25, -0.2) is 9.78 Å². The summed E-state index contributed by atoms with van der Waals surface area (Å²) in [6, 6.07) is -0.357. The predicted molar refractivity (Wildman–Crippen MR) is 59.8 cm³/mol. The van der Waals surface area contributed by atoms with E-state index in [-0.39, 0.29) is 12.6 Å². The molecular weight excluding hydrogens is 208 g/mol. The first-order valence-electron chi connectivity index (χ1n) is 5.11. The summed E-state index contributed by atoms with van der Waals surface area (Å²) in [5, 5.41) is 2.65. The molecule has 0 saturated heterocycles. The number of imidazole rings is 1. The van der Waals surface area contributed by atoms with Crippen molar-refractivity contribution in [3.63, 3.8) is 0 Å². The highest BCUT2D eigenvalue weighted by Gasteiger charge is 2.20. The Labute approximate surface area is 94.6 Å². The van der Waals surface area contributed by atoms with E-state index in [9.17, 15) is 4.79 Å². The van der Waals surface area contributed by atoms with E-state index in [0.29, 0.717) is 5.82 Å². The van der Waals surface area contributed by atoms with Gasteiger partial charge in [-0.2, -0.15) is 0 Å². The Morgan fingerprint density at radius 1 is 1.69 bits per heavy atom. The fourth-order valence-electron chi connectivity index (χ4n) is 1.16. The van der Waals surface area contributed by atoms with Gasteiger partial charge in [-0.05, 0) is 20.8 Å². The Balaban J connectivity index is 2.55. The summed E-state index contributed by atoms with van der Waals surface area (Å²) >= 11 is 0. The number of hydrogen-bond donors (Lipinski definition) is 3. The lowest BCUT2D eigenvalue weighted by atomic mass is 10.2. The second-order valence-electron chi connectivity index (χ2n) is 4.41. The summed E-state index contributed by atoms with van der Waals surface area (Å²) in [4.78, 5) is 18.4. The Kier molecular flexibility index (Phi) is 3.89. The molecule has 0 aliphatic rings. The van der Waals surface area contributed by atoms with Gasteiger partial charge in [0.25, 0.3) is 0 Å². The smallest absolute Gasteiger partial charge is 0.408 e. The molecule has 1 heterocycles. The van der Waals surface area contributed by atoms with E-state index in [2.05, 4.69) is 15.3 Å². The summed E-state index contributed by atoms with van der Waals surface area (Å²) in [5.74, 6) is 0.619. The molecule has 1 unspecified atom stereocenters. The number of aromatic nitrogens is 2. The Morgan fingerprint density at radius 3 is 2.81 bits per heavy atom. The normalized spacial score (nSPS) is 13.2. The van der Waals surface area contributed by atoms with E-state index >= 15 is 0 Å². The van der Waals surface area contributed by atoms with Gasteiger partial charge in [0.2, 0.25) is 0 Å². The number of nitrogens with zero attached hydrogens (tertiary/aromatic N) is 1. The van der Waals surface area contributed by atoms with Crippen LogP contribution in [-0.4, -0.2) is 28.2 Å². The van der Waals surface area contributed by atoms with Gasteiger partial charge in [0.15, 0.2) is 0 Å². The zero-order valence-electron chi connectivity index (χ0n) is 9.78. The lowest BCUT2D eigenvalue weighted by Gasteiger charge is -2.22. The minimum Gasteiger partial charge on any atom is -0.444 e. The number of hydrogen-bond acceptors (Lipinski definition) is 4. The molecule has 0 aliphatic heterocycles.